The summed E-state index contributed by atoms with van der Waals surface area (Å²) in [6.45, 7) is 4.04. The van der Waals surface area contributed by atoms with E-state index in [0.717, 1.165) is 5.56 Å². The van der Waals surface area contributed by atoms with Gasteiger partial charge in [-0.05, 0) is 37.1 Å². The third kappa shape index (κ3) is 3.75. The van der Waals surface area contributed by atoms with E-state index in [1.165, 1.54) is 0 Å². The fourth-order valence-corrected chi connectivity index (χ4v) is 2.65. The molecule has 2 aromatic rings. The number of aryl methyl sites for hydroxylation is 1. The minimum Gasteiger partial charge on any atom is -0.462 e. The van der Waals surface area contributed by atoms with Crippen LogP contribution in [-0.4, -0.2) is 29.4 Å². The molecule has 124 valence electrons. The van der Waals surface area contributed by atoms with E-state index < -0.39 is 12.1 Å². The van der Waals surface area contributed by atoms with Crippen molar-refractivity contribution in [1.82, 2.24) is 4.57 Å². The molecule has 0 saturated heterocycles. The van der Waals surface area contributed by atoms with Crippen molar-refractivity contribution in [2.75, 3.05) is 13.7 Å². The van der Waals surface area contributed by atoms with Crippen molar-refractivity contribution < 1.29 is 19.4 Å². The van der Waals surface area contributed by atoms with Crippen LogP contribution < -0.4 is 0 Å². The summed E-state index contributed by atoms with van der Waals surface area (Å²) < 4.78 is 12.0. The quantitative estimate of drug-likeness (QED) is 0.821. The van der Waals surface area contributed by atoms with Gasteiger partial charge in [0.05, 0.1) is 17.9 Å². The summed E-state index contributed by atoms with van der Waals surface area (Å²) in [5.74, 6) is -0.456. The highest BCUT2D eigenvalue weighted by atomic mass is 35.5. The lowest BCUT2D eigenvalue weighted by Gasteiger charge is -2.17. The van der Waals surface area contributed by atoms with Gasteiger partial charge in [-0.25, -0.2) is 4.79 Å². The van der Waals surface area contributed by atoms with E-state index in [4.69, 9.17) is 21.1 Å². The van der Waals surface area contributed by atoms with Gasteiger partial charge in [-0.3, -0.25) is 0 Å². The number of methoxy groups -OCH3 is 1. The van der Waals surface area contributed by atoms with Crippen LogP contribution in [0.1, 0.15) is 40.2 Å². The highest BCUT2D eigenvalue weighted by Gasteiger charge is 2.27. The number of nitrogens with zero attached hydrogens (tertiary/aromatic N) is 1. The van der Waals surface area contributed by atoms with Gasteiger partial charge in [0.1, 0.15) is 12.8 Å². The maximum atomic E-state index is 12.3. The summed E-state index contributed by atoms with van der Waals surface area (Å²) in [5.41, 5.74) is 2.18. The summed E-state index contributed by atoms with van der Waals surface area (Å²) in [7, 11) is 1.55. The van der Waals surface area contributed by atoms with Crippen LogP contribution in [0.25, 0.3) is 0 Å². The lowest BCUT2D eigenvalue weighted by Crippen LogP contribution is -2.15. The molecule has 1 aromatic heterocycles. The predicted octanol–water partition coefficient (Wildman–Crippen LogP) is 3.31. The average Bonchev–Trinajstić information content (AvgIpc) is 2.84. The van der Waals surface area contributed by atoms with Crippen LogP contribution in [-0.2, 0) is 16.2 Å². The number of carbonyl (C=O) groups excluding carboxylic acids is 1. The van der Waals surface area contributed by atoms with Gasteiger partial charge in [-0.15, -0.1) is 0 Å². The number of aromatic nitrogens is 1. The zero-order valence-electron chi connectivity index (χ0n) is 13.4. The molecular formula is C17H20ClNO4. The molecule has 6 heteroatoms. The van der Waals surface area contributed by atoms with Gasteiger partial charge in [-0.1, -0.05) is 23.7 Å². The van der Waals surface area contributed by atoms with Gasteiger partial charge in [0.25, 0.3) is 0 Å². The smallest absolute Gasteiger partial charge is 0.340 e. The topological polar surface area (TPSA) is 60.7 Å². The van der Waals surface area contributed by atoms with Crippen LogP contribution in [0.4, 0.5) is 0 Å². The Bertz CT molecular complexity index is 679. The molecule has 0 aliphatic carbocycles. The van der Waals surface area contributed by atoms with Crippen molar-refractivity contribution in [3.8, 4) is 0 Å². The lowest BCUT2D eigenvalue weighted by molar-refractivity contribution is 0.0517. The first-order valence-electron chi connectivity index (χ1n) is 7.28. The molecule has 1 atom stereocenters. The number of halogens is 1. The second kappa shape index (κ2) is 7.64. The maximum absolute atomic E-state index is 12.3. The lowest BCUT2D eigenvalue weighted by atomic mass is 10.0. The molecule has 2 rings (SSSR count). The molecule has 0 bridgehead atoms. The first-order valence-corrected chi connectivity index (χ1v) is 7.66. The van der Waals surface area contributed by atoms with Crippen LogP contribution in [0.15, 0.2) is 30.5 Å². The number of ether oxygens (including phenoxy) is 2. The van der Waals surface area contributed by atoms with E-state index in [0.29, 0.717) is 21.8 Å². The van der Waals surface area contributed by atoms with Crippen LogP contribution in [0, 0.1) is 6.92 Å². The maximum Gasteiger partial charge on any atom is 0.340 e. The van der Waals surface area contributed by atoms with Crippen LogP contribution in [0.2, 0.25) is 5.02 Å². The minimum absolute atomic E-state index is 0.222. The number of benzene rings is 1. The first kappa shape index (κ1) is 17.5. The number of hydrogen-bond acceptors (Lipinski definition) is 4. The zero-order valence-corrected chi connectivity index (χ0v) is 14.1. The minimum atomic E-state index is -0.990. The van der Waals surface area contributed by atoms with E-state index in [-0.39, 0.29) is 13.3 Å². The monoisotopic (exact) mass is 337 g/mol. The van der Waals surface area contributed by atoms with Gasteiger partial charge in [0.2, 0.25) is 0 Å². The Hall–Kier alpha value is -1.82. The molecule has 1 N–H and O–H groups in total. The molecule has 23 heavy (non-hydrogen) atoms. The number of hydrogen-bond donors (Lipinski definition) is 1. The summed E-state index contributed by atoms with van der Waals surface area (Å²) in [4.78, 5) is 12.3. The molecule has 0 radical (unpaired) electrons. The van der Waals surface area contributed by atoms with Gasteiger partial charge in [-0.2, -0.15) is 0 Å². The highest BCUT2D eigenvalue weighted by molar-refractivity contribution is 6.30. The highest BCUT2D eigenvalue weighted by Crippen LogP contribution is 2.30. The van der Waals surface area contributed by atoms with Crippen molar-refractivity contribution in [3.05, 3.63) is 57.9 Å². The molecule has 0 amide bonds. The van der Waals surface area contributed by atoms with Crippen molar-refractivity contribution >= 4 is 17.6 Å². The van der Waals surface area contributed by atoms with Crippen molar-refractivity contribution in [1.29, 1.82) is 0 Å². The van der Waals surface area contributed by atoms with E-state index in [1.807, 2.05) is 0 Å². The molecule has 0 saturated carbocycles. The fourth-order valence-electron chi connectivity index (χ4n) is 2.52. The average molecular weight is 338 g/mol. The standard InChI is InChI=1S/C17H20ClNO4/c1-4-23-17(21)14-11(2)9-19(10-22-3)15(14)16(20)12-5-7-13(18)8-6-12/h5-9,16,20H,4,10H2,1-3H3. The number of aliphatic hydroxyl groups is 1. The molecule has 1 unspecified atom stereocenters. The Balaban J connectivity index is 2.52. The van der Waals surface area contributed by atoms with Gasteiger partial charge in [0.15, 0.2) is 0 Å². The molecule has 0 fully saturated rings. The van der Waals surface area contributed by atoms with Crippen molar-refractivity contribution in [2.45, 2.75) is 26.7 Å². The van der Waals surface area contributed by atoms with Crippen LogP contribution in [0.3, 0.4) is 0 Å². The molecule has 0 aliphatic rings. The Kier molecular flexibility index (Phi) is 5.82. The van der Waals surface area contributed by atoms with Gasteiger partial charge < -0.3 is 19.1 Å². The summed E-state index contributed by atoms with van der Waals surface area (Å²) >= 11 is 5.89. The molecule has 1 aromatic carbocycles. The molecule has 1 heterocycles. The Morgan fingerprint density at radius 3 is 2.57 bits per heavy atom. The van der Waals surface area contributed by atoms with E-state index >= 15 is 0 Å². The normalized spacial score (nSPS) is 12.2. The van der Waals surface area contributed by atoms with Crippen molar-refractivity contribution in [3.63, 3.8) is 0 Å². The summed E-state index contributed by atoms with van der Waals surface area (Å²) in [6, 6.07) is 6.84. The number of rotatable bonds is 6. The van der Waals surface area contributed by atoms with E-state index in [2.05, 4.69) is 0 Å². The van der Waals surface area contributed by atoms with Gasteiger partial charge in [0, 0.05) is 18.3 Å². The Morgan fingerprint density at radius 1 is 1.35 bits per heavy atom. The number of esters is 1. The number of carbonyl (C=O) groups is 1. The largest absolute Gasteiger partial charge is 0.462 e. The second-order valence-electron chi connectivity index (χ2n) is 5.13. The molecule has 0 spiro atoms. The molecular weight excluding hydrogens is 318 g/mol. The Labute approximate surface area is 140 Å². The third-order valence-corrected chi connectivity index (χ3v) is 3.75. The van der Waals surface area contributed by atoms with Gasteiger partial charge >= 0.3 is 5.97 Å². The van der Waals surface area contributed by atoms with Crippen molar-refractivity contribution in [2.24, 2.45) is 0 Å². The van der Waals surface area contributed by atoms with E-state index in [9.17, 15) is 9.90 Å². The zero-order chi connectivity index (χ0) is 17.0. The van der Waals surface area contributed by atoms with Crippen LogP contribution >= 0.6 is 11.6 Å². The molecule has 0 aliphatic heterocycles. The third-order valence-electron chi connectivity index (χ3n) is 3.50. The van der Waals surface area contributed by atoms with E-state index in [1.54, 1.807) is 56.0 Å². The summed E-state index contributed by atoms with van der Waals surface area (Å²) in [6.07, 6.45) is 0.778. The molecule has 5 nitrogen and oxygen atoms in total. The fraction of sp³-hybridized carbons (Fsp3) is 0.353. The predicted molar refractivity (Wildman–Crippen MR) is 87.6 cm³/mol. The second-order valence-corrected chi connectivity index (χ2v) is 5.57. The number of aliphatic hydroxyl groups excluding tert-OH is 1. The SMILES string of the molecule is CCOC(=O)c1c(C)cn(COC)c1C(O)c1ccc(Cl)cc1. The first-order chi connectivity index (χ1) is 11.0. The summed E-state index contributed by atoms with van der Waals surface area (Å²) in [5, 5.41) is 11.4. The Morgan fingerprint density at radius 2 is 2.00 bits per heavy atom. The van der Waals surface area contributed by atoms with Crippen LogP contribution in [0.5, 0.6) is 0 Å².